The second-order valence-electron chi connectivity index (χ2n) is 6.53. The standard InChI is InChI=1S/C14H23NO5/c1-13(2,3)19-11(17)9-7-8-10(16)15(9)12(18)20-14(4,5)6/h9H,7-8H2,1-6H3/t9-/m0/s1/i7D,8D/t7-,8+,9-. The molecule has 6 nitrogen and oxygen atoms in total. The first-order valence-corrected chi connectivity index (χ1v) is 6.38. The number of ether oxygens (including phenoxy) is 2. The lowest BCUT2D eigenvalue weighted by Crippen LogP contribution is -2.47. The monoisotopic (exact) mass is 287 g/mol. The molecule has 6 heteroatoms. The predicted octanol–water partition coefficient (Wildman–Crippen LogP) is 2.25. The molecule has 0 aromatic carbocycles. The Morgan fingerprint density at radius 3 is 2.10 bits per heavy atom. The van der Waals surface area contributed by atoms with Crippen LogP contribution in [0.25, 0.3) is 0 Å². The molecule has 0 aliphatic carbocycles. The third-order valence-corrected chi connectivity index (χ3v) is 2.18. The first-order valence-electron chi connectivity index (χ1n) is 7.53. The third-order valence-electron chi connectivity index (χ3n) is 2.18. The molecule has 1 heterocycles. The Kier molecular flexibility index (Phi) is 3.63. The normalized spacial score (nSPS) is 28.8. The van der Waals surface area contributed by atoms with Gasteiger partial charge < -0.3 is 9.47 Å². The summed E-state index contributed by atoms with van der Waals surface area (Å²) in [6.45, 7) is 9.75. The van der Waals surface area contributed by atoms with E-state index in [1.807, 2.05) is 0 Å². The van der Waals surface area contributed by atoms with E-state index >= 15 is 0 Å². The van der Waals surface area contributed by atoms with Crippen LogP contribution in [0.1, 0.15) is 57.1 Å². The van der Waals surface area contributed by atoms with Crippen LogP contribution in [-0.2, 0) is 19.1 Å². The highest BCUT2D eigenvalue weighted by molar-refractivity contribution is 5.99. The van der Waals surface area contributed by atoms with Crippen molar-refractivity contribution in [2.24, 2.45) is 0 Å². The van der Waals surface area contributed by atoms with Crippen LogP contribution >= 0.6 is 0 Å². The maximum absolute atomic E-state index is 12.2. The number of hydrogen-bond donors (Lipinski definition) is 0. The lowest BCUT2D eigenvalue weighted by molar-refractivity contribution is -0.161. The molecular weight excluding hydrogens is 262 g/mol. The first kappa shape index (κ1) is 13.4. The fourth-order valence-electron chi connectivity index (χ4n) is 1.54. The molecule has 1 aliphatic heterocycles. The van der Waals surface area contributed by atoms with Crippen molar-refractivity contribution in [3.8, 4) is 0 Å². The minimum atomic E-state index is -1.52. The van der Waals surface area contributed by atoms with Crippen molar-refractivity contribution in [3.05, 3.63) is 0 Å². The average Bonchev–Trinajstić information content (AvgIpc) is 2.49. The molecule has 0 aromatic heterocycles. The van der Waals surface area contributed by atoms with Crippen molar-refractivity contribution in [3.63, 3.8) is 0 Å². The lowest BCUT2D eigenvalue weighted by Gasteiger charge is -2.28. The third kappa shape index (κ3) is 4.51. The quantitative estimate of drug-likeness (QED) is 0.692. The molecule has 0 bridgehead atoms. The highest BCUT2D eigenvalue weighted by Crippen LogP contribution is 2.24. The molecule has 1 rings (SSSR count). The van der Waals surface area contributed by atoms with Crippen LogP contribution in [-0.4, -0.2) is 40.1 Å². The van der Waals surface area contributed by atoms with E-state index < -0.39 is 48.0 Å². The zero-order valence-corrected chi connectivity index (χ0v) is 12.7. The summed E-state index contributed by atoms with van der Waals surface area (Å²) in [7, 11) is 0. The summed E-state index contributed by atoms with van der Waals surface area (Å²) in [5.41, 5.74) is -1.70. The Hall–Kier alpha value is -1.59. The predicted molar refractivity (Wildman–Crippen MR) is 71.9 cm³/mol. The van der Waals surface area contributed by atoms with Crippen molar-refractivity contribution >= 4 is 18.0 Å². The number of likely N-dealkylation sites (tertiary alicyclic amines) is 1. The molecule has 1 saturated heterocycles. The number of nitrogens with zero attached hydrogens (tertiary/aromatic N) is 1. The number of esters is 1. The number of amides is 2. The Morgan fingerprint density at radius 2 is 1.65 bits per heavy atom. The van der Waals surface area contributed by atoms with Gasteiger partial charge >= 0.3 is 12.1 Å². The van der Waals surface area contributed by atoms with Crippen LogP contribution in [0.15, 0.2) is 0 Å². The summed E-state index contributed by atoms with van der Waals surface area (Å²) in [4.78, 5) is 36.9. The summed E-state index contributed by atoms with van der Waals surface area (Å²) in [6.07, 6.45) is -3.97. The number of carbonyl (C=O) groups excluding carboxylic acids is 3. The molecule has 3 atom stereocenters. The Labute approximate surface area is 122 Å². The van der Waals surface area contributed by atoms with E-state index in [4.69, 9.17) is 12.2 Å². The molecule has 0 spiro atoms. The van der Waals surface area contributed by atoms with E-state index in [9.17, 15) is 14.4 Å². The van der Waals surface area contributed by atoms with Crippen LogP contribution in [0, 0.1) is 0 Å². The van der Waals surface area contributed by atoms with Gasteiger partial charge in [-0.2, -0.15) is 0 Å². The molecule has 20 heavy (non-hydrogen) atoms. The highest BCUT2D eigenvalue weighted by atomic mass is 16.6. The number of rotatable bonds is 1. The minimum absolute atomic E-state index is 0.536. The Morgan fingerprint density at radius 1 is 1.15 bits per heavy atom. The van der Waals surface area contributed by atoms with Crippen LogP contribution in [0.2, 0.25) is 0 Å². The maximum atomic E-state index is 12.2. The topological polar surface area (TPSA) is 72.9 Å². The molecule has 0 radical (unpaired) electrons. The van der Waals surface area contributed by atoms with Gasteiger partial charge in [-0.1, -0.05) is 0 Å². The largest absolute Gasteiger partial charge is 0.458 e. The molecule has 1 fully saturated rings. The van der Waals surface area contributed by atoms with E-state index in [-0.39, 0.29) is 0 Å². The first-order chi connectivity index (χ1) is 9.74. The second kappa shape index (κ2) is 5.42. The Bertz CT molecular complexity index is 481. The van der Waals surface area contributed by atoms with Gasteiger partial charge in [0.2, 0.25) is 5.91 Å². The highest BCUT2D eigenvalue weighted by Gasteiger charge is 2.44. The zero-order valence-electron chi connectivity index (χ0n) is 14.7. The van der Waals surface area contributed by atoms with Gasteiger partial charge in [-0.05, 0) is 47.9 Å². The van der Waals surface area contributed by atoms with Gasteiger partial charge in [0.15, 0.2) is 0 Å². The fraction of sp³-hybridized carbons (Fsp3) is 0.786. The summed E-state index contributed by atoms with van der Waals surface area (Å²) < 4.78 is 25.8. The molecule has 0 unspecified atom stereocenters. The molecule has 1 aliphatic rings. The van der Waals surface area contributed by atoms with Crippen molar-refractivity contribution in [2.75, 3.05) is 0 Å². The van der Waals surface area contributed by atoms with Crippen molar-refractivity contribution in [2.45, 2.75) is 71.6 Å². The van der Waals surface area contributed by atoms with E-state index in [0.717, 1.165) is 0 Å². The SMILES string of the molecule is [2H][C@@H]1[C@@H](C(=O)OC(C)(C)C)N(C(=O)OC(C)(C)C)C(=O)[C@@H]1[2H]. The maximum Gasteiger partial charge on any atom is 0.417 e. The van der Waals surface area contributed by atoms with E-state index in [1.165, 1.54) is 0 Å². The molecule has 2 amide bonds. The van der Waals surface area contributed by atoms with Gasteiger partial charge in [0.25, 0.3) is 0 Å². The van der Waals surface area contributed by atoms with Crippen LogP contribution in [0.3, 0.4) is 0 Å². The van der Waals surface area contributed by atoms with Gasteiger partial charge in [0.1, 0.15) is 17.2 Å². The molecule has 0 N–H and O–H groups in total. The minimum Gasteiger partial charge on any atom is -0.458 e. The number of carbonyl (C=O) groups is 3. The van der Waals surface area contributed by atoms with E-state index in [1.54, 1.807) is 41.5 Å². The van der Waals surface area contributed by atoms with Crippen molar-refractivity contribution in [1.29, 1.82) is 0 Å². The second-order valence-corrected chi connectivity index (χ2v) is 6.53. The van der Waals surface area contributed by atoms with Gasteiger partial charge in [-0.15, -0.1) is 0 Å². The summed E-state index contributed by atoms with van der Waals surface area (Å²) in [6, 6.07) is -1.47. The van der Waals surface area contributed by atoms with Crippen LogP contribution < -0.4 is 0 Å². The van der Waals surface area contributed by atoms with Crippen LogP contribution in [0.4, 0.5) is 4.79 Å². The summed E-state index contributed by atoms with van der Waals surface area (Å²) in [5, 5.41) is 0. The van der Waals surface area contributed by atoms with Gasteiger partial charge in [0.05, 0.1) is 0 Å². The summed E-state index contributed by atoms with van der Waals surface area (Å²) in [5.74, 6) is -1.81. The van der Waals surface area contributed by atoms with Crippen LogP contribution in [0.5, 0.6) is 0 Å². The van der Waals surface area contributed by atoms with Gasteiger partial charge in [-0.25, -0.2) is 14.5 Å². The lowest BCUT2D eigenvalue weighted by atomic mass is 10.1. The molecule has 114 valence electrons. The van der Waals surface area contributed by atoms with E-state index in [0.29, 0.717) is 4.90 Å². The Balaban J connectivity index is 3.07. The number of imide groups is 1. The van der Waals surface area contributed by atoms with Gasteiger partial charge in [0, 0.05) is 9.14 Å². The zero-order chi connectivity index (χ0) is 17.5. The molecular formula is C14H23NO5. The molecule has 0 saturated carbocycles. The average molecular weight is 287 g/mol. The number of hydrogen-bond acceptors (Lipinski definition) is 5. The van der Waals surface area contributed by atoms with Gasteiger partial charge in [-0.3, -0.25) is 4.79 Å². The molecule has 0 aromatic rings. The fourth-order valence-corrected chi connectivity index (χ4v) is 1.54. The van der Waals surface area contributed by atoms with Crippen molar-refractivity contribution in [1.82, 2.24) is 4.90 Å². The smallest absolute Gasteiger partial charge is 0.417 e. The van der Waals surface area contributed by atoms with Crippen molar-refractivity contribution < 1.29 is 26.6 Å². The van der Waals surface area contributed by atoms with E-state index in [2.05, 4.69) is 0 Å². The summed E-state index contributed by atoms with van der Waals surface area (Å²) >= 11 is 0.